The van der Waals surface area contributed by atoms with Crippen LogP contribution in [0.25, 0.3) is 11.3 Å². The normalized spacial score (nSPS) is 10.3. The molecule has 19 heavy (non-hydrogen) atoms. The van der Waals surface area contributed by atoms with Gasteiger partial charge >= 0.3 is 0 Å². The molecule has 0 saturated heterocycles. The van der Waals surface area contributed by atoms with Crippen molar-refractivity contribution in [3.63, 3.8) is 0 Å². The second-order valence-corrected chi connectivity index (χ2v) is 4.27. The van der Waals surface area contributed by atoms with Gasteiger partial charge in [0.2, 0.25) is 0 Å². The molecule has 0 atom stereocenters. The smallest absolute Gasteiger partial charge is 0.252 e. The molecule has 0 radical (unpaired) electrons. The van der Waals surface area contributed by atoms with Crippen molar-refractivity contribution in [3.8, 4) is 22.8 Å². The predicted octanol–water partition coefficient (Wildman–Crippen LogP) is 2.49. The Kier molecular flexibility index (Phi) is 4.16. The number of aromatic nitrogens is 1. The van der Waals surface area contributed by atoms with Crippen LogP contribution in [0.15, 0.2) is 35.1 Å². The number of nitrogens with one attached hydrogen (secondary N) is 1. The second-order valence-electron chi connectivity index (χ2n) is 3.95. The van der Waals surface area contributed by atoms with Gasteiger partial charge in [0, 0.05) is 22.9 Å². The maximum absolute atomic E-state index is 11.8. The Morgan fingerprint density at radius 3 is 2.53 bits per heavy atom. The summed E-state index contributed by atoms with van der Waals surface area (Å²) < 4.78 is 10.5. The number of aromatic amines is 1. The van der Waals surface area contributed by atoms with Crippen molar-refractivity contribution in [2.75, 3.05) is 14.2 Å². The highest BCUT2D eigenvalue weighted by molar-refractivity contribution is 7.79. The molecule has 0 aliphatic heterocycles. The van der Waals surface area contributed by atoms with Crippen LogP contribution in [0, 0.1) is 0 Å². The number of thiol groups is 1. The zero-order valence-corrected chi connectivity index (χ0v) is 11.7. The van der Waals surface area contributed by atoms with Gasteiger partial charge in [-0.3, -0.25) is 4.79 Å². The standard InChI is InChI=1S/C14H15NO3S/c1-17-10-4-5-11(13(7-10)18-2)12-6-3-9(8-19)14(16)15-12/h3-7,19H,8H2,1-2H3,(H,15,16). The summed E-state index contributed by atoms with van der Waals surface area (Å²) in [4.78, 5) is 14.6. The lowest BCUT2D eigenvalue weighted by molar-refractivity contribution is 0.395. The van der Waals surface area contributed by atoms with Crippen LogP contribution in [0.1, 0.15) is 5.56 Å². The number of hydrogen-bond donors (Lipinski definition) is 2. The lowest BCUT2D eigenvalue weighted by Gasteiger charge is -2.10. The first kappa shape index (κ1) is 13.5. The average Bonchev–Trinajstić information content (AvgIpc) is 2.46. The fourth-order valence-corrected chi connectivity index (χ4v) is 2.06. The Morgan fingerprint density at radius 1 is 1.16 bits per heavy atom. The van der Waals surface area contributed by atoms with Gasteiger partial charge in [-0.25, -0.2) is 0 Å². The van der Waals surface area contributed by atoms with E-state index < -0.39 is 0 Å². The molecule has 100 valence electrons. The first-order chi connectivity index (χ1) is 9.19. The Bertz CT molecular complexity index is 637. The van der Waals surface area contributed by atoms with E-state index in [-0.39, 0.29) is 5.56 Å². The van der Waals surface area contributed by atoms with Crippen molar-refractivity contribution in [1.29, 1.82) is 0 Å². The second kappa shape index (κ2) is 5.84. The topological polar surface area (TPSA) is 51.3 Å². The highest BCUT2D eigenvalue weighted by Gasteiger charge is 2.09. The Labute approximate surface area is 116 Å². The maximum Gasteiger partial charge on any atom is 0.252 e. The molecule has 0 aliphatic rings. The van der Waals surface area contributed by atoms with E-state index in [9.17, 15) is 4.79 Å². The molecule has 1 aromatic heterocycles. The number of H-pyrrole nitrogens is 1. The van der Waals surface area contributed by atoms with Crippen molar-refractivity contribution in [2.24, 2.45) is 0 Å². The molecular formula is C14H15NO3S. The van der Waals surface area contributed by atoms with Crippen LogP contribution in [-0.4, -0.2) is 19.2 Å². The van der Waals surface area contributed by atoms with Crippen LogP contribution in [0.3, 0.4) is 0 Å². The zero-order chi connectivity index (χ0) is 13.8. The molecule has 2 aromatic rings. The van der Waals surface area contributed by atoms with E-state index in [4.69, 9.17) is 9.47 Å². The van der Waals surface area contributed by atoms with E-state index in [1.165, 1.54) is 0 Å². The van der Waals surface area contributed by atoms with Gasteiger partial charge in [0.05, 0.1) is 19.9 Å². The van der Waals surface area contributed by atoms with Gasteiger partial charge < -0.3 is 14.5 Å². The number of methoxy groups -OCH3 is 2. The van der Waals surface area contributed by atoms with E-state index in [0.29, 0.717) is 28.5 Å². The molecule has 5 heteroatoms. The minimum atomic E-state index is -0.134. The Morgan fingerprint density at radius 2 is 1.95 bits per heavy atom. The number of rotatable bonds is 4. The zero-order valence-electron chi connectivity index (χ0n) is 10.8. The third-order valence-corrected chi connectivity index (χ3v) is 3.20. The molecule has 0 bridgehead atoms. The largest absolute Gasteiger partial charge is 0.497 e. The van der Waals surface area contributed by atoms with Gasteiger partial charge in [0.15, 0.2) is 0 Å². The lowest BCUT2D eigenvalue weighted by Crippen LogP contribution is -2.11. The van der Waals surface area contributed by atoms with E-state index >= 15 is 0 Å². The number of ether oxygens (including phenoxy) is 2. The lowest BCUT2D eigenvalue weighted by atomic mass is 10.1. The van der Waals surface area contributed by atoms with Crippen LogP contribution >= 0.6 is 12.6 Å². The molecular weight excluding hydrogens is 262 g/mol. The molecule has 0 unspecified atom stereocenters. The highest BCUT2D eigenvalue weighted by atomic mass is 32.1. The number of pyridine rings is 1. The molecule has 0 spiro atoms. The summed E-state index contributed by atoms with van der Waals surface area (Å²) in [7, 11) is 3.18. The van der Waals surface area contributed by atoms with E-state index in [2.05, 4.69) is 17.6 Å². The summed E-state index contributed by atoms with van der Waals surface area (Å²) in [5.41, 5.74) is 2.02. The Balaban J connectivity index is 2.52. The third kappa shape index (κ3) is 2.76. The molecule has 0 saturated carbocycles. The number of benzene rings is 1. The molecule has 0 fully saturated rings. The minimum Gasteiger partial charge on any atom is -0.497 e. The van der Waals surface area contributed by atoms with Crippen molar-refractivity contribution in [1.82, 2.24) is 4.98 Å². The van der Waals surface area contributed by atoms with Crippen molar-refractivity contribution in [3.05, 3.63) is 46.2 Å². The average molecular weight is 277 g/mol. The summed E-state index contributed by atoms with van der Waals surface area (Å²) in [5.74, 6) is 1.76. The van der Waals surface area contributed by atoms with Gasteiger partial charge in [0.25, 0.3) is 5.56 Å². The van der Waals surface area contributed by atoms with Crippen LogP contribution < -0.4 is 15.0 Å². The summed E-state index contributed by atoms with van der Waals surface area (Å²) in [6, 6.07) is 9.06. The summed E-state index contributed by atoms with van der Waals surface area (Å²) >= 11 is 4.10. The summed E-state index contributed by atoms with van der Waals surface area (Å²) in [6.45, 7) is 0. The van der Waals surface area contributed by atoms with Gasteiger partial charge in [-0.15, -0.1) is 0 Å². The molecule has 0 aliphatic carbocycles. The van der Waals surface area contributed by atoms with Gasteiger partial charge in [-0.05, 0) is 18.2 Å². The molecule has 1 heterocycles. The van der Waals surface area contributed by atoms with E-state index in [1.54, 1.807) is 26.4 Å². The monoisotopic (exact) mass is 277 g/mol. The fourth-order valence-electron chi connectivity index (χ4n) is 1.81. The van der Waals surface area contributed by atoms with Gasteiger partial charge in [0.1, 0.15) is 11.5 Å². The van der Waals surface area contributed by atoms with Crippen LogP contribution in [0.5, 0.6) is 11.5 Å². The quantitative estimate of drug-likeness (QED) is 0.844. The first-order valence-electron chi connectivity index (χ1n) is 5.75. The SMILES string of the molecule is COc1ccc(-c2ccc(CS)c(=O)[nH]2)c(OC)c1. The first-order valence-corrected chi connectivity index (χ1v) is 6.38. The fraction of sp³-hybridized carbons (Fsp3) is 0.214. The molecule has 2 rings (SSSR count). The third-order valence-electron chi connectivity index (χ3n) is 2.86. The van der Waals surface area contributed by atoms with Crippen molar-refractivity contribution >= 4 is 12.6 Å². The molecule has 4 nitrogen and oxygen atoms in total. The van der Waals surface area contributed by atoms with E-state index in [1.807, 2.05) is 18.2 Å². The number of hydrogen-bond acceptors (Lipinski definition) is 4. The Hall–Kier alpha value is -1.88. The van der Waals surface area contributed by atoms with Crippen LogP contribution in [0.2, 0.25) is 0 Å². The summed E-state index contributed by atoms with van der Waals surface area (Å²) in [6.07, 6.45) is 0. The van der Waals surface area contributed by atoms with Crippen molar-refractivity contribution in [2.45, 2.75) is 5.75 Å². The molecule has 1 N–H and O–H groups in total. The molecule has 1 aromatic carbocycles. The van der Waals surface area contributed by atoms with Crippen molar-refractivity contribution < 1.29 is 9.47 Å². The maximum atomic E-state index is 11.8. The van der Waals surface area contributed by atoms with Gasteiger partial charge in [-0.1, -0.05) is 6.07 Å². The highest BCUT2D eigenvalue weighted by Crippen LogP contribution is 2.31. The predicted molar refractivity (Wildman–Crippen MR) is 78.3 cm³/mol. The van der Waals surface area contributed by atoms with Crippen LogP contribution in [0.4, 0.5) is 0 Å². The van der Waals surface area contributed by atoms with E-state index in [0.717, 1.165) is 5.56 Å². The molecule has 0 amide bonds. The van der Waals surface area contributed by atoms with Crippen LogP contribution in [-0.2, 0) is 5.75 Å². The summed E-state index contributed by atoms with van der Waals surface area (Å²) in [5, 5.41) is 0. The minimum absolute atomic E-state index is 0.134. The van der Waals surface area contributed by atoms with Gasteiger partial charge in [-0.2, -0.15) is 12.6 Å².